The van der Waals surface area contributed by atoms with Crippen LogP contribution in [0.2, 0.25) is 0 Å². The van der Waals surface area contributed by atoms with Crippen LogP contribution in [-0.4, -0.2) is 48.9 Å². The van der Waals surface area contributed by atoms with Crippen LogP contribution in [0.4, 0.5) is 11.4 Å². The van der Waals surface area contributed by atoms with Gasteiger partial charge in [-0.3, -0.25) is 14.5 Å². The van der Waals surface area contributed by atoms with Crippen LogP contribution in [0.15, 0.2) is 58.3 Å². The monoisotopic (exact) mass is 403 g/mol. The lowest BCUT2D eigenvalue weighted by molar-refractivity contribution is -0.122. The average molecular weight is 404 g/mol. The van der Waals surface area contributed by atoms with Gasteiger partial charge in [-0.15, -0.1) is 23.5 Å². The van der Waals surface area contributed by atoms with Crippen LogP contribution in [0.5, 0.6) is 0 Å². The summed E-state index contributed by atoms with van der Waals surface area (Å²) in [6, 6.07) is 14.9. The van der Waals surface area contributed by atoms with Crippen LogP contribution in [-0.2, 0) is 9.59 Å². The van der Waals surface area contributed by atoms with Crippen molar-refractivity contribution in [2.24, 2.45) is 0 Å². The maximum Gasteiger partial charge on any atom is 0.241 e. The topological polar surface area (TPSA) is 61.4 Å². The van der Waals surface area contributed by atoms with Crippen molar-refractivity contribution < 1.29 is 9.59 Å². The Morgan fingerprint density at radius 3 is 1.93 bits per heavy atom. The number of nitrogens with one attached hydrogen (secondary N) is 2. The molecule has 0 aliphatic carbocycles. The summed E-state index contributed by atoms with van der Waals surface area (Å²) in [5, 5.41) is 5.86. The van der Waals surface area contributed by atoms with Gasteiger partial charge in [0, 0.05) is 9.79 Å². The molecule has 5 nitrogen and oxygen atoms in total. The van der Waals surface area contributed by atoms with Crippen LogP contribution in [0.1, 0.15) is 6.92 Å². The fraction of sp³-hybridized carbons (Fsp3) is 0.300. The summed E-state index contributed by atoms with van der Waals surface area (Å²) >= 11 is 3.16. The van der Waals surface area contributed by atoms with Gasteiger partial charge in [0.1, 0.15) is 0 Å². The first kappa shape index (κ1) is 21.3. The number of para-hydroxylation sites is 2. The first-order chi connectivity index (χ1) is 13.0. The van der Waals surface area contributed by atoms with Gasteiger partial charge in [0.25, 0.3) is 0 Å². The van der Waals surface area contributed by atoms with Crippen molar-refractivity contribution in [2.45, 2.75) is 22.8 Å². The maximum absolute atomic E-state index is 12.6. The van der Waals surface area contributed by atoms with Crippen molar-refractivity contribution in [3.63, 3.8) is 0 Å². The minimum absolute atomic E-state index is 0.126. The summed E-state index contributed by atoms with van der Waals surface area (Å²) in [5.41, 5.74) is 1.57. The predicted octanol–water partition coefficient (Wildman–Crippen LogP) is 4.03. The van der Waals surface area contributed by atoms with E-state index in [0.29, 0.717) is 0 Å². The first-order valence-electron chi connectivity index (χ1n) is 8.53. The van der Waals surface area contributed by atoms with Gasteiger partial charge >= 0.3 is 0 Å². The van der Waals surface area contributed by atoms with E-state index >= 15 is 0 Å². The lowest BCUT2D eigenvalue weighted by atomic mass is 10.2. The molecule has 1 unspecified atom stereocenters. The third-order valence-electron chi connectivity index (χ3n) is 4.18. The average Bonchev–Trinajstić information content (AvgIpc) is 2.68. The number of carbonyl (C=O) groups is 2. The third-order valence-corrected chi connectivity index (χ3v) is 5.77. The van der Waals surface area contributed by atoms with E-state index in [9.17, 15) is 9.59 Å². The minimum Gasteiger partial charge on any atom is -0.324 e. The summed E-state index contributed by atoms with van der Waals surface area (Å²) < 4.78 is 0. The van der Waals surface area contributed by atoms with Crippen LogP contribution >= 0.6 is 23.5 Å². The molecule has 2 rings (SSSR count). The van der Waals surface area contributed by atoms with Gasteiger partial charge in [-0.1, -0.05) is 24.3 Å². The van der Waals surface area contributed by atoms with E-state index in [1.807, 2.05) is 61.0 Å². The molecule has 0 aromatic heterocycles. The highest BCUT2D eigenvalue weighted by molar-refractivity contribution is 7.99. The Bertz CT molecular complexity index is 798. The van der Waals surface area contributed by atoms with E-state index in [1.165, 1.54) is 0 Å². The predicted molar refractivity (Wildman–Crippen MR) is 116 cm³/mol. The van der Waals surface area contributed by atoms with E-state index in [1.54, 1.807) is 42.4 Å². The molecule has 0 aliphatic rings. The van der Waals surface area contributed by atoms with Gasteiger partial charge in [-0.2, -0.15) is 0 Å². The van der Waals surface area contributed by atoms with E-state index in [2.05, 4.69) is 10.6 Å². The summed E-state index contributed by atoms with van der Waals surface area (Å²) in [4.78, 5) is 28.7. The molecular formula is C20H25N3O2S2. The second-order valence-corrected chi connectivity index (χ2v) is 7.73. The zero-order valence-electron chi connectivity index (χ0n) is 16.0. The summed E-state index contributed by atoms with van der Waals surface area (Å²) in [5.74, 6) is -0.292. The van der Waals surface area contributed by atoms with Crippen molar-refractivity contribution in [3.8, 4) is 0 Å². The second-order valence-electron chi connectivity index (χ2n) is 6.03. The normalized spacial score (nSPS) is 11.9. The Labute approximate surface area is 169 Å². The number of likely N-dealkylation sites (N-methyl/N-ethyl adjacent to an activating group) is 1. The standard InChI is InChI=1S/C20H25N3O2S2/c1-14(20(25)22-16-10-6-8-12-18(16)27-4)23(2)13-19(24)21-15-9-5-7-11-17(15)26-3/h5-12,14H,13H2,1-4H3,(H,21,24)(H,22,25). The molecular weight excluding hydrogens is 378 g/mol. The number of rotatable bonds is 8. The summed E-state index contributed by atoms with van der Waals surface area (Å²) in [6.45, 7) is 1.92. The molecule has 27 heavy (non-hydrogen) atoms. The Balaban J connectivity index is 1.95. The number of anilines is 2. The molecule has 0 saturated carbocycles. The van der Waals surface area contributed by atoms with Crippen molar-refractivity contribution in [2.75, 3.05) is 36.7 Å². The Morgan fingerprint density at radius 2 is 1.41 bits per heavy atom. The quantitative estimate of drug-likeness (QED) is 0.652. The van der Waals surface area contributed by atoms with E-state index in [0.717, 1.165) is 21.2 Å². The van der Waals surface area contributed by atoms with E-state index in [4.69, 9.17) is 0 Å². The lowest BCUT2D eigenvalue weighted by Gasteiger charge is -2.24. The van der Waals surface area contributed by atoms with Crippen LogP contribution in [0, 0.1) is 0 Å². The number of nitrogens with zero attached hydrogens (tertiary/aromatic N) is 1. The van der Waals surface area contributed by atoms with E-state index < -0.39 is 6.04 Å². The molecule has 7 heteroatoms. The highest BCUT2D eigenvalue weighted by atomic mass is 32.2. The first-order valence-corrected chi connectivity index (χ1v) is 11.0. The molecule has 1 atom stereocenters. The van der Waals surface area contributed by atoms with Gasteiger partial charge in [0.05, 0.1) is 24.0 Å². The molecule has 0 radical (unpaired) electrons. The number of thioether (sulfide) groups is 2. The van der Waals surface area contributed by atoms with Gasteiger partial charge in [0.2, 0.25) is 11.8 Å². The summed E-state index contributed by atoms with van der Waals surface area (Å²) in [7, 11) is 1.77. The molecule has 2 aromatic rings. The van der Waals surface area contributed by atoms with Gasteiger partial charge in [0.15, 0.2) is 0 Å². The van der Waals surface area contributed by atoms with Gasteiger partial charge in [-0.05, 0) is 50.7 Å². The van der Waals surface area contributed by atoms with Crippen LogP contribution < -0.4 is 10.6 Å². The lowest BCUT2D eigenvalue weighted by Crippen LogP contribution is -2.43. The number of hydrogen-bond acceptors (Lipinski definition) is 5. The molecule has 2 aromatic carbocycles. The van der Waals surface area contributed by atoms with Crippen molar-refractivity contribution >= 4 is 46.7 Å². The molecule has 2 N–H and O–H groups in total. The van der Waals surface area contributed by atoms with Crippen molar-refractivity contribution in [3.05, 3.63) is 48.5 Å². The second kappa shape index (κ2) is 10.4. The minimum atomic E-state index is -0.443. The molecule has 0 bridgehead atoms. The van der Waals surface area contributed by atoms with Gasteiger partial charge < -0.3 is 10.6 Å². The Hall–Kier alpha value is -1.96. The molecule has 0 fully saturated rings. The Kier molecular flexibility index (Phi) is 8.22. The summed E-state index contributed by atoms with van der Waals surface area (Å²) in [6.07, 6.45) is 3.94. The maximum atomic E-state index is 12.6. The number of amides is 2. The highest BCUT2D eigenvalue weighted by Gasteiger charge is 2.21. The molecule has 0 saturated heterocycles. The molecule has 0 aliphatic heterocycles. The largest absolute Gasteiger partial charge is 0.324 e. The molecule has 0 spiro atoms. The van der Waals surface area contributed by atoms with Crippen molar-refractivity contribution in [1.29, 1.82) is 0 Å². The van der Waals surface area contributed by atoms with Crippen LogP contribution in [0.25, 0.3) is 0 Å². The number of hydrogen-bond donors (Lipinski definition) is 2. The smallest absolute Gasteiger partial charge is 0.241 e. The molecule has 144 valence electrons. The zero-order chi connectivity index (χ0) is 19.8. The Morgan fingerprint density at radius 1 is 0.926 bits per heavy atom. The zero-order valence-corrected chi connectivity index (χ0v) is 17.6. The SMILES string of the molecule is CSc1ccccc1NC(=O)CN(C)C(C)C(=O)Nc1ccccc1SC. The number of carbonyl (C=O) groups excluding carboxylic acids is 2. The van der Waals surface area contributed by atoms with E-state index in [-0.39, 0.29) is 18.4 Å². The van der Waals surface area contributed by atoms with Crippen LogP contribution in [0.3, 0.4) is 0 Å². The highest BCUT2D eigenvalue weighted by Crippen LogP contribution is 2.25. The van der Waals surface area contributed by atoms with Gasteiger partial charge in [-0.25, -0.2) is 0 Å². The number of benzene rings is 2. The fourth-order valence-electron chi connectivity index (χ4n) is 2.49. The third kappa shape index (κ3) is 6.02. The van der Waals surface area contributed by atoms with Crippen molar-refractivity contribution in [1.82, 2.24) is 4.90 Å². The molecule has 0 heterocycles. The molecule has 2 amide bonds. The fourth-order valence-corrected chi connectivity index (χ4v) is 3.59.